The number of hydrogen-bond donors (Lipinski definition) is 1. The number of anilines is 1. The zero-order chi connectivity index (χ0) is 25.4. The van der Waals surface area contributed by atoms with Crippen LogP contribution in [0.5, 0.6) is 11.5 Å². The fourth-order valence-electron chi connectivity index (χ4n) is 3.50. The van der Waals surface area contributed by atoms with Crippen LogP contribution < -0.4 is 19.1 Å². The van der Waals surface area contributed by atoms with Crippen molar-refractivity contribution in [2.75, 3.05) is 24.1 Å². The first kappa shape index (κ1) is 26.1. The van der Waals surface area contributed by atoms with Crippen LogP contribution in [0.3, 0.4) is 0 Å². The number of ether oxygens (including phenoxy) is 2. The number of nitrogens with one attached hydrogen (secondary N) is 1. The van der Waals surface area contributed by atoms with E-state index < -0.39 is 22.5 Å². The standard InChI is InChI=1S/C27H32N2O5S/c1-5-33-26-13-9-7-11-24(26)29(35(31,32)23-16-14-20(2)15-17-23)18-27(30)28-22(4)19-34-25-12-8-6-10-21(25)3/h6-17,22H,5,18-19H2,1-4H3,(H,28,30). The van der Waals surface area contributed by atoms with Crippen molar-refractivity contribution in [3.05, 3.63) is 83.9 Å². The number of sulfonamides is 1. The lowest BCUT2D eigenvalue weighted by Gasteiger charge is -2.26. The summed E-state index contributed by atoms with van der Waals surface area (Å²) in [4.78, 5) is 13.1. The summed E-state index contributed by atoms with van der Waals surface area (Å²) in [5.41, 5.74) is 2.23. The van der Waals surface area contributed by atoms with Gasteiger partial charge in [0.1, 0.15) is 24.7 Å². The second kappa shape index (κ2) is 11.8. The molecule has 0 radical (unpaired) electrons. The van der Waals surface area contributed by atoms with Gasteiger partial charge in [0.25, 0.3) is 10.0 Å². The van der Waals surface area contributed by atoms with E-state index in [2.05, 4.69) is 5.32 Å². The van der Waals surface area contributed by atoms with Gasteiger partial charge < -0.3 is 14.8 Å². The zero-order valence-corrected chi connectivity index (χ0v) is 21.3. The van der Waals surface area contributed by atoms with Crippen molar-refractivity contribution in [2.24, 2.45) is 0 Å². The third kappa shape index (κ3) is 6.76. The molecule has 3 aromatic carbocycles. The van der Waals surface area contributed by atoms with E-state index in [-0.39, 0.29) is 17.5 Å². The quantitative estimate of drug-likeness (QED) is 0.423. The minimum Gasteiger partial charge on any atom is -0.492 e. The van der Waals surface area contributed by atoms with Crippen molar-refractivity contribution < 1.29 is 22.7 Å². The normalized spacial score (nSPS) is 12.0. The van der Waals surface area contributed by atoms with E-state index in [1.807, 2.05) is 52.0 Å². The molecule has 0 saturated carbocycles. The van der Waals surface area contributed by atoms with Crippen molar-refractivity contribution in [3.8, 4) is 11.5 Å². The SMILES string of the molecule is CCOc1ccccc1N(CC(=O)NC(C)COc1ccccc1C)S(=O)(=O)c1ccc(C)cc1. The summed E-state index contributed by atoms with van der Waals surface area (Å²) in [6, 6.07) is 20.6. The molecule has 1 amide bonds. The molecule has 0 aromatic heterocycles. The van der Waals surface area contributed by atoms with Crippen LogP contribution in [0, 0.1) is 13.8 Å². The Morgan fingerprint density at radius 2 is 1.54 bits per heavy atom. The van der Waals surface area contributed by atoms with E-state index in [4.69, 9.17) is 9.47 Å². The average Bonchev–Trinajstić information content (AvgIpc) is 2.83. The van der Waals surface area contributed by atoms with Crippen LogP contribution in [0.15, 0.2) is 77.7 Å². The number of nitrogens with zero attached hydrogens (tertiary/aromatic N) is 1. The maximum absolute atomic E-state index is 13.6. The van der Waals surface area contributed by atoms with Crippen LogP contribution in [0.4, 0.5) is 5.69 Å². The lowest BCUT2D eigenvalue weighted by Crippen LogP contribution is -2.45. The molecule has 8 heteroatoms. The maximum atomic E-state index is 13.6. The van der Waals surface area contributed by atoms with Gasteiger partial charge >= 0.3 is 0 Å². The van der Waals surface area contributed by atoms with Gasteiger partial charge in [0, 0.05) is 0 Å². The van der Waals surface area contributed by atoms with Gasteiger partial charge in [-0.2, -0.15) is 0 Å². The monoisotopic (exact) mass is 496 g/mol. The highest BCUT2D eigenvalue weighted by molar-refractivity contribution is 7.92. The highest BCUT2D eigenvalue weighted by Crippen LogP contribution is 2.32. The Labute approximate surface area is 207 Å². The van der Waals surface area contributed by atoms with Gasteiger partial charge in [-0.25, -0.2) is 8.42 Å². The number of para-hydroxylation sites is 3. The largest absolute Gasteiger partial charge is 0.492 e. The van der Waals surface area contributed by atoms with Crippen LogP contribution in [0.1, 0.15) is 25.0 Å². The minimum atomic E-state index is -4.04. The fraction of sp³-hybridized carbons (Fsp3) is 0.296. The molecule has 1 atom stereocenters. The maximum Gasteiger partial charge on any atom is 0.264 e. The molecule has 35 heavy (non-hydrogen) atoms. The van der Waals surface area contributed by atoms with Gasteiger partial charge in [-0.05, 0) is 63.6 Å². The Kier molecular flexibility index (Phi) is 8.76. The molecular weight excluding hydrogens is 464 g/mol. The molecule has 1 N–H and O–H groups in total. The van der Waals surface area contributed by atoms with Crippen molar-refractivity contribution in [1.82, 2.24) is 5.32 Å². The number of carbonyl (C=O) groups excluding carboxylic acids is 1. The first-order valence-electron chi connectivity index (χ1n) is 11.5. The highest BCUT2D eigenvalue weighted by Gasteiger charge is 2.29. The number of amides is 1. The number of carbonyl (C=O) groups is 1. The van der Waals surface area contributed by atoms with Crippen LogP contribution in [-0.2, 0) is 14.8 Å². The van der Waals surface area contributed by atoms with E-state index in [9.17, 15) is 13.2 Å². The molecule has 3 rings (SSSR count). The van der Waals surface area contributed by atoms with Crippen LogP contribution in [0.25, 0.3) is 0 Å². The summed E-state index contributed by atoms with van der Waals surface area (Å²) < 4.78 is 39.9. The molecule has 0 fully saturated rings. The Morgan fingerprint density at radius 3 is 2.20 bits per heavy atom. The Balaban J connectivity index is 1.82. The van der Waals surface area contributed by atoms with E-state index in [1.165, 1.54) is 12.1 Å². The molecule has 0 spiro atoms. The molecular formula is C27H32N2O5S. The fourth-order valence-corrected chi connectivity index (χ4v) is 4.94. The number of aryl methyl sites for hydroxylation is 2. The summed E-state index contributed by atoms with van der Waals surface area (Å²) in [6.07, 6.45) is 0. The second-order valence-electron chi connectivity index (χ2n) is 8.27. The predicted molar refractivity (Wildman–Crippen MR) is 138 cm³/mol. The van der Waals surface area contributed by atoms with Gasteiger partial charge in [-0.1, -0.05) is 48.0 Å². The molecule has 0 bridgehead atoms. The molecule has 0 aliphatic carbocycles. The van der Waals surface area contributed by atoms with Crippen molar-refractivity contribution >= 4 is 21.6 Å². The average molecular weight is 497 g/mol. The second-order valence-corrected chi connectivity index (χ2v) is 10.1. The summed E-state index contributed by atoms with van der Waals surface area (Å²) in [7, 11) is -4.04. The Hall–Kier alpha value is -3.52. The van der Waals surface area contributed by atoms with Gasteiger partial charge in [-0.3, -0.25) is 9.10 Å². The minimum absolute atomic E-state index is 0.0955. The van der Waals surface area contributed by atoms with E-state index in [0.717, 1.165) is 21.2 Å². The number of benzene rings is 3. The Bertz CT molecular complexity index is 1240. The van der Waals surface area contributed by atoms with Crippen molar-refractivity contribution in [1.29, 1.82) is 0 Å². The number of rotatable bonds is 11. The molecule has 186 valence electrons. The molecule has 7 nitrogen and oxygen atoms in total. The summed E-state index contributed by atoms with van der Waals surface area (Å²) in [6.45, 7) is 7.65. The van der Waals surface area contributed by atoms with E-state index in [0.29, 0.717) is 18.0 Å². The topological polar surface area (TPSA) is 84.9 Å². The first-order valence-corrected chi connectivity index (χ1v) is 13.0. The lowest BCUT2D eigenvalue weighted by molar-refractivity contribution is -0.120. The molecule has 0 saturated heterocycles. The van der Waals surface area contributed by atoms with Gasteiger partial charge in [-0.15, -0.1) is 0 Å². The van der Waals surface area contributed by atoms with Crippen molar-refractivity contribution in [2.45, 2.75) is 38.6 Å². The lowest BCUT2D eigenvalue weighted by atomic mass is 10.2. The highest BCUT2D eigenvalue weighted by atomic mass is 32.2. The Morgan fingerprint density at radius 1 is 0.914 bits per heavy atom. The van der Waals surface area contributed by atoms with Gasteiger partial charge in [0.15, 0.2) is 0 Å². The van der Waals surface area contributed by atoms with Crippen LogP contribution in [-0.4, -0.2) is 40.1 Å². The molecule has 0 aliphatic rings. The molecule has 1 unspecified atom stereocenters. The summed E-state index contributed by atoms with van der Waals surface area (Å²) >= 11 is 0. The van der Waals surface area contributed by atoms with Crippen molar-refractivity contribution in [3.63, 3.8) is 0 Å². The molecule has 3 aromatic rings. The van der Waals surface area contributed by atoms with E-state index >= 15 is 0 Å². The predicted octanol–water partition coefficient (Wildman–Crippen LogP) is 4.48. The third-order valence-corrected chi connectivity index (χ3v) is 7.09. The van der Waals surface area contributed by atoms with Crippen LogP contribution >= 0.6 is 0 Å². The molecule has 0 aliphatic heterocycles. The smallest absolute Gasteiger partial charge is 0.264 e. The summed E-state index contributed by atoms with van der Waals surface area (Å²) in [5.74, 6) is 0.671. The van der Waals surface area contributed by atoms with E-state index in [1.54, 1.807) is 36.4 Å². The van der Waals surface area contributed by atoms with Gasteiger partial charge in [0.2, 0.25) is 5.91 Å². The van der Waals surface area contributed by atoms with Crippen LogP contribution in [0.2, 0.25) is 0 Å². The zero-order valence-electron chi connectivity index (χ0n) is 20.5. The first-order chi connectivity index (χ1) is 16.7. The summed E-state index contributed by atoms with van der Waals surface area (Å²) in [5, 5.41) is 2.84. The number of hydrogen-bond acceptors (Lipinski definition) is 5. The molecule has 0 heterocycles. The third-order valence-electron chi connectivity index (χ3n) is 5.32. The van der Waals surface area contributed by atoms with Gasteiger partial charge in [0.05, 0.1) is 23.2 Å².